The predicted molar refractivity (Wildman–Crippen MR) is 86.8 cm³/mol. The fourth-order valence-electron chi connectivity index (χ4n) is 2.63. The van der Waals surface area contributed by atoms with E-state index < -0.39 is 30.1 Å². The van der Waals surface area contributed by atoms with Crippen molar-refractivity contribution in [3.05, 3.63) is 29.7 Å². The molecule has 11 heteroatoms. The lowest BCUT2D eigenvalue weighted by Crippen LogP contribution is -2.30. The van der Waals surface area contributed by atoms with E-state index in [2.05, 4.69) is 30.9 Å². The zero-order chi connectivity index (χ0) is 19.2. The molecule has 9 nitrogen and oxygen atoms in total. The molecular formula is C15H20F2N6O3. The molecule has 0 aliphatic rings. The van der Waals surface area contributed by atoms with Crippen molar-refractivity contribution in [1.82, 2.24) is 25.6 Å². The molecule has 26 heavy (non-hydrogen) atoms. The number of alkyl halides is 2. The van der Waals surface area contributed by atoms with E-state index in [-0.39, 0.29) is 18.9 Å². The second-order valence-corrected chi connectivity index (χ2v) is 6.02. The van der Waals surface area contributed by atoms with Crippen LogP contribution < -0.4 is 5.32 Å². The molecule has 0 amide bonds. The van der Waals surface area contributed by atoms with Crippen molar-refractivity contribution in [2.45, 2.75) is 31.6 Å². The molecule has 0 unspecified atom stereocenters. The van der Waals surface area contributed by atoms with Crippen LogP contribution in [0.2, 0.25) is 0 Å². The average molecular weight is 370 g/mol. The molecule has 0 aliphatic carbocycles. The lowest BCUT2D eigenvalue weighted by atomic mass is 9.83. The molecule has 2 aromatic heterocycles. The largest absolute Gasteiger partial charge is 0.481 e. The smallest absolute Gasteiger partial charge is 0.307 e. The van der Waals surface area contributed by atoms with Crippen LogP contribution in [0.15, 0.2) is 18.3 Å². The van der Waals surface area contributed by atoms with Gasteiger partial charge in [0.15, 0.2) is 5.82 Å². The summed E-state index contributed by atoms with van der Waals surface area (Å²) in [6, 6.07) is 3.36. The summed E-state index contributed by atoms with van der Waals surface area (Å²) in [5.74, 6) is -6.07. The number of carboxylic acids is 1. The summed E-state index contributed by atoms with van der Waals surface area (Å²) in [5, 5.41) is 34.2. The predicted octanol–water partition coefficient (Wildman–Crippen LogP) is 1.07. The average Bonchev–Trinajstić information content (AvgIpc) is 3.10. The van der Waals surface area contributed by atoms with E-state index in [1.807, 2.05) is 0 Å². The fraction of sp³-hybridized carbons (Fsp3) is 0.533. The third-order valence-electron chi connectivity index (χ3n) is 3.79. The van der Waals surface area contributed by atoms with Gasteiger partial charge in [-0.1, -0.05) is 6.07 Å². The highest BCUT2D eigenvalue weighted by Gasteiger charge is 2.38. The number of aliphatic hydroxyl groups is 1. The molecule has 0 saturated heterocycles. The van der Waals surface area contributed by atoms with Crippen LogP contribution in [0.3, 0.4) is 0 Å². The number of H-pyrrole nitrogens is 1. The minimum absolute atomic E-state index is 0.0461. The van der Waals surface area contributed by atoms with Crippen LogP contribution in [0.25, 0.3) is 0 Å². The maximum atomic E-state index is 13.5. The maximum Gasteiger partial charge on any atom is 0.307 e. The Morgan fingerprint density at radius 2 is 2.19 bits per heavy atom. The van der Waals surface area contributed by atoms with Gasteiger partial charge in [-0.2, -0.15) is 0 Å². The Morgan fingerprint density at radius 1 is 1.42 bits per heavy atom. The summed E-state index contributed by atoms with van der Waals surface area (Å²) in [4.78, 5) is 15.8. The minimum atomic E-state index is -3.15. The molecular weight excluding hydrogens is 350 g/mol. The van der Waals surface area contributed by atoms with Gasteiger partial charge in [0.05, 0.1) is 12.5 Å². The van der Waals surface area contributed by atoms with Crippen LogP contribution in [0.1, 0.15) is 30.7 Å². The van der Waals surface area contributed by atoms with E-state index in [0.717, 1.165) is 0 Å². The summed E-state index contributed by atoms with van der Waals surface area (Å²) in [7, 11) is 0. The van der Waals surface area contributed by atoms with E-state index in [1.54, 1.807) is 12.1 Å². The maximum absolute atomic E-state index is 13.5. The third-order valence-corrected chi connectivity index (χ3v) is 3.79. The van der Waals surface area contributed by atoms with E-state index in [9.17, 15) is 18.7 Å². The van der Waals surface area contributed by atoms with Crippen LogP contribution in [0.4, 0.5) is 14.6 Å². The van der Waals surface area contributed by atoms with Crippen LogP contribution in [0, 0.1) is 5.92 Å². The first kappa shape index (κ1) is 19.6. The Morgan fingerprint density at radius 3 is 2.69 bits per heavy atom. The number of tetrazole rings is 1. The SMILES string of the molecule is CC(F)(F)C[C@H](C(=O)O)[C@H](Cc1ccc(NCCO)nc1)c1nnn[nH]1. The summed E-state index contributed by atoms with van der Waals surface area (Å²) in [5.41, 5.74) is 0.645. The third kappa shape index (κ3) is 5.69. The van der Waals surface area contributed by atoms with Crippen molar-refractivity contribution in [3.63, 3.8) is 0 Å². The van der Waals surface area contributed by atoms with Crippen molar-refractivity contribution < 1.29 is 23.8 Å². The van der Waals surface area contributed by atoms with Gasteiger partial charge in [-0.15, -0.1) is 5.10 Å². The van der Waals surface area contributed by atoms with Gasteiger partial charge in [0.2, 0.25) is 5.92 Å². The number of anilines is 1. The molecule has 4 N–H and O–H groups in total. The van der Waals surface area contributed by atoms with E-state index in [4.69, 9.17) is 5.11 Å². The topological polar surface area (TPSA) is 137 Å². The first-order chi connectivity index (χ1) is 12.3. The summed E-state index contributed by atoms with van der Waals surface area (Å²) >= 11 is 0. The van der Waals surface area contributed by atoms with Gasteiger partial charge in [0.25, 0.3) is 0 Å². The normalized spacial score (nSPS) is 14.0. The molecule has 0 bridgehead atoms. The van der Waals surface area contributed by atoms with E-state index >= 15 is 0 Å². The lowest BCUT2D eigenvalue weighted by molar-refractivity contribution is -0.146. The van der Waals surface area contributed by atoms with Crippen molar-refractivity contribution in [3.8, 4) is 0 Å². The molecule has 0 radical (unpaired) electrons. The Hall–Kier alpha value is -2.69. The summed E-state index contributed by atoms with van der Waals surface area (Å²) in [6.45, 7) is 0.975. The fourth-order valence-corrected chi connectivity index (χ4v) is 2.63. The molecule has 0 saturated carbocycles. The van der Waals surface area contributed by atoms with Crippen molar-refractivity contribution in [1.29, 1.82) is 0 Å². The molecule has 142 valence electrons. The number of aromatic nitrogens is 5. The number of carboxylic acid groups (broad SMARTS) is 1. The van der Waals surface area contributed by atoms with Gasteiger partial charge in [-0.3, -0.25) is 4.79 Å². The molecule has 2 rings (SSSR count). The van der Waals surface area contributed by atoms with Crippen LogP contribution in [-0.2, 0) is 11.2 Å². The number of rotatable bonds is 10. The Balaban J connectivity index is 2.23. The van der Waals surface area contributed by atoms with Gasteiger partial charge in [0, 0.05) is 25.1 Å². The van der Waals surface area contributed by atoms with Crippen LogP contribution in [-0.4, -0.2) is 60.9 Å². The molecule has 0 aromatic carbocycles. The Kier molecular flexibility index (Phi) is 6.50. The number of halogens is 2. The van der Waals surface area contributed by atoms with Gasteiger partial charge >= 0.3 is 5.97 Å². The highest BCUT2D eigenvalue weighted by Crippen LogP contribution is 2.34. The molecule has 0 aliphatic heterocycles. The van der Waals surface area contributed by atoms with Crippen LogP contribution >= 0.6 is 0 Å². The minimum Gasteiger partial charge on any atom is -0.481 e. The van der Waals surface area contributed by atoms with Crippen molar-refractivity contribution >= 4 is 11.8 Å². The van der Waals surface area contributed by atoms with Crippen LogP contribution in [0.5, 0.6) is 0 Å². The molecule has 2 heterocycles. The number of nitrogens with one attached hydrogen (secondary N) is 2. The first-order valence-corrected chi connectivity index (χ1v) is 7.94. The summed E-state index contributed by atoms with van der Waals surface area (Å²) in [6.07, 6.45) is 0.800. The van der Waals surface area contributed by atoms with Gasteiger partial charge < -0.3 is 15.5 Å². The molecule has 0 spiro atoms. The van der Waals surface area contributed by atoms with Crippen molar-refractivity contribution in [2.24, 2.45) is 5.92 Å². The zero-order valence-electron chi connectivity index (χ0n) is 14.1. The van der Waals surface area contributed by atoms with E-state index in [1.165, 1.54) is 6.20 Å². The lowest BCUT2D eigenvalue weighted by Gasteiger charge is -2.24. The quantitative estimate of drug-likeness (QED) is 0.487. The first-order valence-electron chi connectivity index (χ1n) is 7.94. The number of nitrogens with zero attached hydrogens (tertiary/aromatic N) is 4. The van der Waals surface area contributed by atoms with Gasteiger partial charge in [-0.05, 0) is 35.4 Å². The number of aromatic amines is 1. The number of aliphatic carboxylic acids is 1. The monoisotopic (exact) mass is 370 g/mol. The van der Waals surface area contributed by atoms with Gasteiger partial charge in [0.1, 0.15) is 5.82 Å². The second-order valence-electron chi connectivity index (χ2n) is 6.02. The summed E-state index contributed by atoms with van der Waals surface area (Å²) < 4.78 is 27.0. The highest BCUT2D eigenvalue weighted by molar-refractivity contribution is 5.71. The number of pyridine rings is 1. The molecule has 2 atom stereocenters. The Labute approximate surface area is 147 Å². The van der Waals surface area contributed by atoms with E-state index in [0.29, 0.717) is 24.8 Å². The Bertz CT molecular complexity index is 690. The highest BCUT2D eigenvalue weighted by atomic mass is 19.3. The second kappa shape index (κ2) is 8.61. The van der Waals surface area contributed by atoms with Gasteiger partial charge in [-0.25, -0.2) is 18.9 Å². The molecule has 0 fully saturated rings. The molecule has 2 aromatic rings. The number of carbonyl (C=O) groups is 1. The number of aliphatic hydroxyl groups excluding tert-OH is 1. The number of hydrogen-bond acceptors (Lipinski definition) is 7. The van der Waals surface area contributed by atoms with Crippen molar-refractivity contribution in [2.75, 3.05) is 18.5 Å². The number of hydrogen-bond donors (Lipinski definition) is 4. The standard InChI is InChI=1S/C15H20F2N6O3/c1-15(16,17)7-11(14(25)26)10(13-20-22-23-21-13)6-9-2-3-12(19-8-9)18-4-5-24/h2-3,8,10-11,24H,4-7H2,1H3,(H,18,19)(H,25,26)(H,20,21,22,23)/t10-,11-/m0/s1. The zero-order valence-corrected chi connectivity index (χ0v) is 14.1.